The molecule has 3 heterocycles. The lowest BCUT2D eigenvalue weighted by atomic mass is 10.1. The molecule has 1 fully saturated rings. The smallest absolute Gasteiger partial charge is 0.303 e. The van der Waals surface area contributed by atoms with Gasteiger partial charge in [0.1, 0.15) is 15.8 Å². The first-order valence-electron chi connectivity index (χ1n) is 13.7. The minimum Gasteiger partial charge on any atom is -0.481 e. The van der Waals surface area contributed by atoms with Gasteiger partial charge in [0, 0.05) is 25.7 Å². The number of nitrogens with one attached hydrogen (secondary N) is 1. The number of hydrogen-bond donors (Lipinski definition) is 2. The van der Waals surface area contributed by atoms with Crippen molar-refractivity contribution in [3.63, 3.8) is 0 Å². The lowest BCUT2D eigenvalue weighted by Gasteiger charge is -2.14. The molecule has 210 valence electrons. The number of amides is 1. The van der Waals surface area contributed by atoms with Crippen LogP contribution in [0.3, 0.4) is 0 Å². The Bertz CT molecular complexity index is 1440. The SMILES string of the molecule is O=C(O)CCCCCCCCCCN1C(=O)C(=Cc2c(NCc3ccccc3)nc3ccccn3c2=O)SC1=S. The summed E-state index contributed by atoms with van der Waals surface area (Å²) in [6, 6.07) is 15.2. The average Bonchev–Trinajstić information content (AvgIpc) is 3.22. The zero-order valence-electron chi connectivity index (χ0n) is 22.4. The molecule has 1 aliphatic heterocycles. The van der Waals surface area contributed by atoms with E-state index in [9.17, 15) is 14.4 Å². The van der Waals surface area contributed by atoms with E-state index in [0.717, 1.165) is 56.9 Å². The summed E-state index contributed by atoms with van der Waals surface area (Å²) in [7, 11) is 0. The van der Waals surface area contributed by atoms with Crippen molar-refractivity contribution in [1.29, 1.82) is 0 Å². The second kappa shape index (κ2) is 14.8. The van der Waals surface area contributed by atoms with Gasteiger partial charge < -0.3 is 10.4 Å². The van der Waals surface area contributed by atoms with Crippen molar-refractivity contribution in [2.24, 2.45) is 0 Å². The number of hydrogen-bond acceptors (Lipinski definition) is 7. The first-order chi connectivity index (χ1) is 19.4. The molecule has 0 unspecified atom stereocenters. The van der Waals surface area contributed by atoms with Crippen LogP contribution in [0.2, 0.25) is 0 Å². The molecule has 1 amide bonds. The molecule has 0 saturated carbocycles. The summed E-state index contributed by atoms with van der Waals surface area (Å²) in [5.41, 5.74) is 1.64. The van der Waals surface area contributed by atoms with Crippen LogP contribution in [0.1, 0.15) is 68.9 Å². The van der Waals surface area contributed by atoms with Gasteiger partial charge in [-0.2, -0.15) is 0 Å². The normalized spacial score (nSPS) is 14.4. The summed E-state index contributed by atoms with van der Waals surface area (Å²) >= 11 is 6.74. The van der Waals surface area contributed by atoms with E-state index in [1.165, 1.54) is 16.2 Å². The standard InChI is InChI=1S/C30H34N4O4S2/c35-26(36)17-10-5-3-1-2-4-6-12-19-34-29(38)24(40-30(34)39)20-23-27(31-21-22-14-8-7-9-15-22)32-25-16-11-13-18-33(25)28(23)37/h7-9,11,13-16,18,20,31H,1-6,10,12,17,19,21H2,(H,35,36). The fraction of sp³-hybridized carbons (Fsp3) is 0.367. The number of carbonyl (C=O) groups is 2. The van der Waals surface area contributed by atoms with E-state index in [2.05, 4.69) is 10.3 Å². The highest BCUT2D eigenvalue weighted by molar-refractivity contribution is 8.26. The second-order valence-electron chi connectivity index (χ2n) is 9.75. The van der Waals surface area contributed by atoms with Gasteiger partial charge in [-0.3, -0.25) is 23.7 Å². The van der Waals surface area contributed by atoms with Crippen LogP contribution in [0.4, 0.5) is 5.82 Å². The molecule has 0 spiro atoms. The third-order valence-electron chi connectivity index (χ3n) is 6.74. The van der Waals surface area contributed by atoms with E-state index in [-0.39, 0.29) is 17.9 Å². The molecule has 2 aromatic heterocycles. The highest BCUT2D eigenvalue weighted by atomic mass is 32.2. The minimum atomic E-state index is -0.730. The Kier molecular flexibility index (Phi) is 10.9. The molecule has 4 rings (SSSR count). The predicted octanol–water partition coefficient (Wildman–Crippen LogP) is 6.10. The summed E-state index contributed by atoms with van der Waals surface area (Å²) in [5, 5.41) is 12.0. The number of pyridine rings is 1. The number of aromatic nitrogens is 2. The van der Waals surface area contributed by atoms with Gasteiger partial charge in [-0.15, -0.1) is 0 Å². The Morgan fingerprint density at radius 1 is 0.950 bits per heavy atom. The van der Waals surface area contributed by atoms with Gasteiger partial charge >= 0.3 is 5.97 Å². The maximum Gasteiger partial charge on any atom is 0.303 e. The number of rotatable bonds is 15. The lowest BCUT2D eigenvalue weighted by molar-refractivity contribution is -0.137. The number of carboxylic acid groups (broad SMARTS) is 1. The molecule has 1 aliphatic rings. The number of anilines is 1. The van der Waals surface area contributed by atoms with E-state index >= 15 is 0 Å². The number of thiocarbonyl (C=S) groups is 1. The van der Waals surface area contributed by atoms with Crippen LogP contribution in [-0.2, 0) is 16.1 Å². The Morgan fingerprint density at radius 3 is 2.35 bits per heavy atom. The molecule has 3 aromatic rings. The van der Waals surface area contributed by atoms with Crippen LogP contribution in [0.5, 0.6) is 0 Å². The van der Waals surface area contributed by atoms with Crippen molar-refractivity contribution in [1.82, 2.24) is 14.3 Å². The molecule has 40 heavy (non-hydrogen) atoms. The molecular formula is C30H34N4O4S2. The van der Waals surface area contributed by atoms with Crippen LogP contribution in [0, 0.1) is 0 Å². The monoisotopic (exact) mass is 578 g/mol. The number of carbonyl (C=O) groups excluding carboxylic acids is 1. The van der Waals surface area contributed by atoms with Crippen molar-refractivity contribution in [2.75, 3.05) is 11.9 Å². The second-order valence-corrected chi connectivity index (χ2v) is 11.4. The van der Waals surface area contributed by atoms with E-state index in [0.29, 0.717) is 39.3 Å². The fourth-order valence-electron chi connectivity index (χ4n) is 4.58. The van der Waals surface area contributed by atoms with E-state index in [1.54, 1.807) is 29.3 Å². The maximum atomic E-state index is 13.4. The summed E-state index contributed by atoms with van der Waals surface area (Å²) < 4.78 is 1.98. The first-order valence-corrected chi connectivity index (χ1v) is 14.9. The molecule has 0 radical (unpaired) electrons. The van der Waals surface area contributed by atoms with Crippen molar-refractivity contribution < 1.29 is 14.7 Å². The number of unbranched alkanes of at least 4 members (excludes halogenated alkanes) is 7. The van der Waals surface area contributed by atoms with Crippen LogP contribution in [0.25, 0.3) is 11.7 Å². The van der Waals surface area contributed by atoms with Gasteiger partial charge in [-0.25, -0.2) is 4.98 Å². The molecule has 1 aromatic carbocycles. The van der Waals surface area contributed by atoms with Crippen LogP contribution in [0.15, 0.2) is 64.4 Å². The Labute approximate surface area is 243 Å². The summed E-state index contributed by atoms with van der Waals surface area (Å²) in [4.78, 5) is 44.0. The van der Waals surface area contributed by atoms with E-state index in [4.69, 9.17) is 17.3 Å². The Hall–Kier alpha value is -3.50. The van der Waals surface area contributed by atoms with Crippen molar-refractivity contribution in [3.05, 3.63) is 81.1 Å². The van der Waals surface area contributed by atoms with Gasteiger partial charge in [-0.05, 0) is 36.6 Å². The zero-order valence-corrected chi connectivity index (χ0v) is 24.0. The number of carboxylic acids is 1. The molecule has 0 atom stereocenters. The third-order valence-corrected chi connectivity index (χ3v) is 8.12. The molecule has 8 nitrogen and oxygen atoms in total. The van der Waals surface area contributed by atoms with Gasteiger partial charge in [0.15, 0.2) is 0 Å². The largest absolute Gasteiger partial charge is 0.481 e. The topological polar surface area (TPSA) is 104 Å². The fourth-order valence-corrected chi connectivity index (χ4v) is 5.87. The molecule has 2 N–H and O–H groups in total. The number of fused-ring (bicyclic) bond motifs is 1. The number of thioether (sulfide) groups is 1. The minimum absolute atomic E-state index is 0.181. The summed E-state index contributed by atoms with van der Waals surface area (Å²) in [5.74, 6) is -0.486. The summed E-state index contributed by atoms with van der Waals surface area (Å²) in [6.45, 7) is 1.04. The van der Waals surface area contributed by atoms with Gasteiger partial charge in [-0.1, -0.05) is 98.9 Å². The first kappa shape index (κ1) is 29.5. The van der Waals surface area contributed by atoms with Crippen molar-refractivity contribution in [3.8, 4) is 0 Å². The lowest BCUT2D eigenvalue weighted by Crippen LogP contribution is -2.29. The maximum absolute atomic E-state index is 13.4. The van der Waals surface area contributed by atoms with Gasteiger partial charge in [0.25, 0.3) is 11.5 Å². The predicted molar refractivity (Wildman–Crippen MR) is 164 cm³/mol. The van der Waals surface area contributed by atoms with Crippen LogP contribution in [-0.4, -0.2) is 42.1 Å². The highest BCUT2D eigenvalue weighted by Gasteiger charge is 2.32. The van der Waals surface area contributed by atoms with Gasteiger partial charge in [0.2, 0.25) is 0 Å². The zero-order chi connectivity index (χ0) is 28.3. The number of aliphatic carboxylic acids is 1. The van der Waals surface area contributed by atoms with E-state index < -0.39 is 5.97 Å². The van der Waals surface area contributed by atoms with Crippen LogP contribution >= 0.6 is 24.0 Å². The van der Waals surface area contributed by atoms with Gasteiger partial charge in [0.05, 0.1) is 10.5 Å². The molecule has 0 bridgehead atoms. The Morgan fingerprint density at radius 2 is 1.62 bits per heavy atom. The third kappa shape index (κ3) is 8.02. The molecule has 1 saturated heterocycles. The van der Waals surface area contributed by atoms with Crippen molar-refractivity contribution in [2.45, 2.75) is 64.3 Å². The number of nitrogens with zero attached hydrogens (tertiary/aromatic N) is 3. The highest BCUT2D eigenvalue weighted by Crippen LogP contribution is 2.33. The Balaban J connectivity index is 1.38. The molecule has 10 heteroatoms. The average molecular weight is 579 g/mol. The summed E-state index contributed by atoms with van der Waals surface area (Å²) in [6.07, 6.45) is 11.4. The number of benzene rings is 1. The van der Waals surface area contributed by atoms with E-state index in [1.807, 2.05) is 36.4 Å². The van der Waals surface area contributed by atoms with Crippen LogP contribution < -0.4 is 10.9 Å². The quantitative estimate of drug-likeness (QED) is 0.127. The molecule has 0 aliphatic carbocycles. The van der Waals surface area contributed by atoms with Crippen molar-refractivity contribution >= 4 is 57.7 Å². The molecular weight excluding hydrogens is 544 g/mol.